The lowest BCUT2D eigenvalue weighted by atomic mass is 10.1. The van der Waals surface area contributed by atoms with Gasteiger partial charge in [0.25, 0.3) is 5.91 Å². The molecule has 1 amide bonds. The monoisotopic (exact) mass is 416 g/mol. The first-order valence-electron chi connectivity index (χ1n) is 10.3. The summed E-state index contributed by atoms with van der Waals surface area (Å²) < 4.78 is 5.45. The van der Waals surface area contributed by atoms with Gasteiger partial charge in [-0.25, -0.2) is 0 Å². The summed E-state index contributed by atoms with van der Waals surface area (Å²) in [5.74, 6) is -0.00641. The van der Waals surface area contributed by atoms with Crippen molar-refractivity contribution in [3.05, 3.63) is 71.2 Å². The normalized spacial score (nSPS) is 16.0. The molecule has 0 saturated carbocycles. The van der Waals surface area contributed by atoms with Crippen LogP contribution in [-0.2, 0) is 11.2 Å². The molecule has 0 bridgehead atoms. The largest absolute Gasteiger partial charge is 0.378 e. The summed E-state index contributed by atoms with van der Waals surface area (Å²) in [5.41, 5.74) is 6.95. The third-order valence-corrected chi connectivity index (χ3v) is 5.59. The highest BCUT2D eigenvalue weighted by Crippen LogP contribution is 2.25. The van der Waals surface area contributed by atoms with E-state index < -0.39 is 0 Å². The molecule has 6 heteroatoms. The number of anilines is 1. The smallest absolute Gasteiger partial charge is 0.253 e. The molecule has 2 aliphatic rings. The van der Waals surface area contributed by atoms with Crippen molar-refractivity contribution in [1.82, 2.24) is 15.3 Å². The Morgan fingerprint density at radius 2 is 1.94 bits per heavy atom. The SMILES string of the molecule is C.O=C1NCCc2[nH]c(-c3ccnc(/C=C/c4cccc(N5CCOCC5)c4)c3)cc21. The van der Waals surface area contributed by atoms with Gasteiger partial charge in [-0.2, -0.15) is 0 Å². The summed E-state index contributed by atoms with van der Waals surface area (Å²) in [6.07, 6.45) is 6.75. The van der Waals surface area contributed by atoms with Crippen molar-refractivity contribution in [1.29, 1.82) is 0 Å². The molecular formula is C25H28N4O2. The Kier molecular flexibility index (Phi) is 6.18. The van der Waals surface area contributed by atoms with Gasteiger partial charge in [0.2, 0.25) is 0 Å². The zero-order valence-electron chi connectivity index (χ0n) is 16.7. The molecular weight excluding hydrogens is 388 g/mol. The highest BCUT2D eigenvalue weighted by molar-refractivity contribution is 5.97. The lowest BCUT2D eigenvalue weighted by Gasteiger charge is -2.29. The van der Waals surface area contributed by atoms with Crippen molar-refractivity contribution in [3.63, 3.8) is 0 Å². The van der Waals surface area contributed by atoms with E-state index in [0.717, 1.165) is 66.5 Å². The van der Waals surface area contributed by atoms with E-state index in [0.29, 0.717) is 6.54 Å². The molecule has 0 spiro atoms. The number of ether oxygens (including phenoxy) is 1. The van der Waals surface area contributed by atoms with Gasteiger partial charge < -0.3 is 19.9 Å². The molecule has 160 valence electrons. The number of pyridine rings is 1. The van der Waals surface area contributed by atoms with Gasteiger partial charge in [-0.1, -0.05) is 25.6 Å². The minimum absolute atomic E-state index is 0. The Morgan fingerprint density at radius 1 is 1.06 bits per heavy atom. The molecule has 2 aromatic heterocycles. The van der Waals surface area contributed by atoms with E-state index in [4.69, 9.17) is 4.74 Å². The number of amides is 1. The molecule has 3 aromatic rings. The van der Waals surface area contributed by atoms with Crippen LogP contribution in [0, 0.1) is 0 Å². The van der Waals surface area contributed by atoms with E-state index in [1.165, 1.54) is 5.69 Å². The fourth-order valence-electron chi connectivity index (χ4n) is 3.98. The molecule has 2 N–H and O–H groups in total. The van der Waals surface area contributed by atoms with Crippen LogP contribution in [0.1, 0.15) is 34.7 Å². The molecule has 0 aliphatic carbocycles. The quantitative estimate of drug-likeness (QED) is 0.674. The maximum absolute atomic E-state index is 12.0. The van der Waals surface area contributed by atoms with Gasteiger partial charge in [0.05, 0.1) is 24.5 Å². The number of fused-ring (bicyclic) bond motifs is 1. The number of carbonyl (C=O) groups is 1. The Labute approximate surface area is 183 Å². The van der Waals surface area contributed by atoms with E-state index in [1.54, 1.807) is 6.20 Å². The number of aromatic amines is 1. The summed E-state index contributed by atoms with van der Waals surface area (Å²) in [5, 5.41) is 2.89. The maximum atomic E-state index is 12.0. The van der Waals surface area contributed by atoms with Crippen molar-refractivity contribution in [2.45, 2.75) is 13.8 Å². The van der Waals surface area contributed by atoms with Crippen LogP contribution < -0.4 is 10.2 Å². The number of H-pyrrole nitrogens is 1. The first kappa shape index (κ1) is 20.9. The van der Waals surface area contributed by atoms with Gasteiger partial charge in [-0.15, -0.1) is 0 Å². The van der Waals surface area contributed by atoms with E-state index in [2.05, 4.69) is 50.5 Å². The van der Waals surface area contributed by atoms with Crippen molar-refractivity contribution >= 4 is 23.7 Å². The lowest BCUT2D eigenvalue weighted by molar-refractivity contribution is 0.0946. The number of rotatable bonds is 4. The van der Waals surface area contributed by atoms with Crippen LogP contribution in [0.15, 0.2) is 48.7 Å². The second kappa shape index (κ2) is 9.18. The second-order valence-corrected chi connectivity index (χ2v) is 7.58. The first-order chi connectivity index (χ1) is 14.8. The highest BCUT2D eigenvalue weighted by atomic mass is 16.5. The van der Waals surface area contributed by atoms with Gasteiger partial charge in [0.15, 0.2) is 0 Å². The predicted molar refractivity (Wildman–Crippen MR) is 125 cm³/mol. The van der Waals surface area contributed by atoms with E-state index in [-0.39, 0.29) is 13.3 Å². The van der Waals surface area contributed by atoms with Crippen LogP contribution in [-0.4, -0.2) is 48.7 Å². The van der Waals surface area contributed by atoms with Crippen LogP contribution >= 0.6 is 0 Å². The fraction of sp³-hybridized carbons (Fsp3) is 0.280. The lowest BCUT2D eigenvalue weighted by Crippen LogP contribution is -2.36. The standard InChI is InChI=1S/C24H24N4O2.CH4/c29-24-21-16-23(27-22(21)7-9-26-24)18-6-8-25-19(15-18)5-4-17-2-1-3-20(14-17)28-10-12-30-13-11-28;/h1-6,8,14-16,27H,7,9-13H2,(H,26,29);1H4/b5-4+;. The molecule has 0 atom stereocenters. The number of hydrogen-bond donors (Lipinski definition) is 2. The fourth-order valence-corrected chi connectivity index (χ4v) is 3.98. The first-order valence-corrected chi connectivity index (χ1v) is 10.3. The summed E-state index contributed by atoms with van der Waals surface area (Å²) in [6.45, 7) is 4.09. The number of morpholine rings is 1. The topological polar surface area (TPSA) is 70.2 Å². The van der Waals surface area contributed by atoms with Crippen LogP contribution in [0.25, 0.3) is 23.4 Å². The van der Waals surface area contributed by atoms with Gasteiger partial charge >= 0.3 is 0 Å². The van der Waals surface area contributed by atoms with Crippen molar-refractivity contribution in [3.8, 4) is 11.3 Å². The Balaban J connectivity index is 0.00000231. The number of hydrogen-bond acceptors (Lipinski definition) is 4. The summed E-state index contributed by atoms with van der Waals surface area (Å²) in [7, 11) is 0. The Morgan fingerprint density at radius 3 is 2.77 bits per heavy atom. The number of nitrogens with zero attached hydrogens (tertiary/aromatic N) is 2. The van der Waals surface area contributed by atoms with Crippen molar-refractivity contribution in [2.75, 3.05) is 37.7 Å². The van der Waals surface area contributed by atoms with Crippen LogP contribution in [0.5, 0.6) is 0 Å². The molecule has 1 fully saturated rings. The van der Waals surface area contributed by atoms with Crippen LogP contribution in [0.2, 0.25) is 0 Å². The van der Waals surface area contributed by atoms with Gasteiger partial charge in [-0.05, 0) is 42.0 Å². The minimum Gasteiger partial charge on any atom is -0.378 e. The molecule has 31 heavy (non-hydrogen) atoms. The van der Waals surface area contributed by atoms with Crippen LogP contribution in [0.3, 0.4) is 0 Å². The number of aromatic nitrogens is 2. The molecule has 5 rings (SSSR count). The van der Waals surface area contributed by atoms with E-state index in [1.807, 2.05) is 24.3 Å². The molecule has 6 nitrogen and oxygen atoms in total. The average Bonchev–Trinajstić information content (AvgIpc) is 3.25. The van der Waals surface area contributed by atoms with Gasteiger partial charge in [0, 0.05) is 54.9 Å². The molecule has 1 aromatic carbocycles. The molecule has 2 aliphatic heterocycles. The summed E-state index contributed by atoms with van der Waals surface area (Å²) in [4.78, 5) is 22.3. The van der Waals surface area contributed by atoms with E-state index in [9.17, 15) is 4.79 Å². The molecule has 0 unspecified atom stereocenters. The molecule has 1 saturated heterocycles. The second-order valence-electron chi connectivity index (χ2n) is 7.58. The molecule has 0 radical (unpaired) electrons. The van der Waals surface area contributed by atoms with E-state index >= 15 is 0 Å². The summed E-state index contributed by atoms with van der Waals surface area (Å²) in [6, 6.07) is 14.5. The zero-order valence-corrected chi connectivity index (χ0v) is 16.7. The summed E-state index contributed by atoms with van der Waals surface area (Å²) >= 11 is 0. The van der Waals surface area contributed by atoms with Crippen molar-refractivity contribution in [2.24, 2.45) is 0 Å². The maximum Gasteiger partial charge on any atom is 0.253 e. The highest BCUT2D eigenvalue weighted by Gasteiger charge is 2.20. The van der Waals surface area contributed by atoms with Gasteiger partial charge in [-0.3, -0.25) is 9.78 Å². The third-order valence-electron chi connectivity index (χ3n) is 5.59. The average molecular weight is 417 g/mol. The number of benzene rings is 1. The number of carbonyl (C=O) groups excluding carboxylic acids is 1. The minimum atomic E-state index is -0.00641. The Bertz CT molecular complexity index is 1100. The third kappa shape index (κ3) is 4.54. The number of nitrogens with one attached hydrogen (secondary N) is 2. The van der Waals surface area contributed by atoms with Gasteiger partial charge in [0.1, 0.15) is 0 Å². The zero-order chi connectivity index (χ0) is 20.3. The predicted octanol–water partition coefficient (Wildman–Crippen LogP) is 4.01. The van der Waals surface area contributed by atoms with Crippen LogP contribution in [0.4, 0.5) is 5.69 Å². The Hall–Kier alpha value is -3.38. The molecule has 4 heterocycles. The van der Waals surface area contributed by atoms with Crippen molar-refractivity contribution < 1.29 is 9.53 Å².